The highest BCUT2D eigenvalue weighted by Gasteiger charge is 2.49. The van der Waals surface area contributed by atoms with Gasteiger partial charge in [-0.05, 0) is 66.2 Å². The second-order valence-corrected chi connectivity index (χ2v) is 8.01. The number of Topliss-reactive ketones (excluding diaryl/α,β-unsaturated/α-hetero) is 1. The molecule has 1 fully saturated rings. The van der Waals surface area contributed by atoms with Gasteiger partial charge in [-0.1, -0.05) is 12.1 Å². The highest BCUT2D eigenvalue weighted by Crippen LogP contribution is 2.45. The number of nitrogens with zero attached hydrogens (tertiary/aromatic N) is 1. The van der Waals surface area contributed by atoms with Crippen LogP contribution in [0.25, 0.3) is 0 Å². The van der Waals surface area contributed by atoms with E-state index in [0.29, 0.717) is 11.3 Å². The Morgan fingerprint density at radius 3 is 2.07 bits per heavy atom. The summed E-state index contributed by atoms with van der Waals surface area (Å²) in [6, 6.07) is 17.1. The van der Waals surface area contributed by atoms with Crippen LogP contribution in [0.5, 0.6) is 5.75 Å². The van der Waals surface area contributed by atoms with Gasteiger partial charge in [0.1, 0.15) is 22.6 Å². The third-order valence-electron chi connectivity index (χ3n) is 4.95. The van der Waals surface area contributed by atoms with Gasteiger partial charge < -0.3 is 10.0 Å². The van der Waals surface area contributed by atoms with Gasteiger partial charge in [-0.25, -0.2) is 8.78 Å². The fourth-order valence-electron chi connectivity index (χ4n) is 3.39. The predicted octanol–water partition coefficient (Wildman–Crippen LogP) is 4.74. The first-order valence-corrected chi connectivity index (χ1v) is 10.3. The van der Waals surface area contributed by atoms with Gasteiger partial charge in [0.15, 0.2) is 5.78 Å². The Hall–Kier alpha value is -3.19. The first-order valence-electron chi connectivity index (χ1n) is 9.22. The van der Waals surface area contributed by atoms with E-state index in [1.165, 1.54) is 72.4 Å². The summed E-state index contributed by atoms with van der Waals surface area (Å²) in [6.07, 6.45) is 0. The number of β-lactam (4-membered cyclic amide) rings is 1. The number of rotatable bonds is 6. The number of hydrogen-bond donors (Lipinski definition) is 1. The number of hydrogen-bond acceptors (Lipinski definition) is 4. The normalized spacial score (nSPS) is 18.2. The number of phenols is 1. The number of carbonyl (C=O) groups is 2. The molecule has 2 atom stereocenters. The van der Waals surface area contributed by atoms with Crippen LogP contribution >= 0.6 is 11.8 Å². The van der Waals surface area contributed by atoms with E-state index in [-0.39, 0.29) is 29.2 Å². The highest BCUT2D eigenvalue weighted by atomic mass is 32.2. The predicted molar refractivity (Wildman–Crippen MR) is 112 cm³/mol. The number of amides is 1. The standard InChI is InChI=1S/C23H17F2NO3S/c24-16-5-1-14(2-6-16)20(28)13-30-22-21(15-3-11-19(27)12-4-15)26(23(22)29)18-9-7-17(25)8-10-18/h1-12,21-22,27H,13H2. The van der Waals surface area contributed by atoms with Crippen LogP contribution in [0, 0.1) is 11.6 Å². The first-order chi connectivity index (χ1) is 14.4. The molecule has 1 N–H and O–H groups in total. The molecular weight excluding hydrogens is 408 g/mol. The summed E-state index contributed by atoms with van der Waals surface area (Å²) in [6.45, 7) is 0. The second kappa shape index (κ2) is 8.28. The summed E-state index contributed by atoms with van der Waals surface area (Å²) in [5.41, 5.74) is 1.73. The minimum absolute atomic E-state index is 0.0634. The molecule has 2 unspecified atom stereocenters. The van der Waals surface area contributed by atoms with Gasteiger partial charge in [-0.15, -0.1) is 11.8 Å². The lowest BCUT2D eigenvalue weighted by Gasteiger charge is -2.47. The Morgan fingerprint density at radius 1 is 0.900 bits per heavy atom. The maximum Gasteiger partial charge on any atom is 0.243 e. The van der Waals surface area contributed by atoms with Crippen LogP contribution in [-0.2, 0) is 4.79 Å². The number of halogens is 2. The van der Waals surface area contributed by atoms with Crippen LogP contribution in [0.2, 0.25) is 0 Å². The minimum atomic E-state index is -0.510. The average molecular weight is 425 g/mol. The lowest BCUT2D eigenvalue weighted by atomic mass is 9.92. The van der Waals surface area contributed by atoms with Crippen molar-refractivity contribution >= 4 is 29.1 Å². The Labute approximate surface area is 176 Å². The van der Waals surface area contributed by atoms with Crippen molar-refractivity contribution in [3.05, 3.63) is 95.6 Å². The molecule has 7 heteroatoms. The summed E-state index contributed by atoms with van der Waals surface area (Å²) >= 11 is 1.22. The molecule has 1 heterocycles. The number of benzene rings is 3. The number of carbonyl (C=O) groups excluding carboxylic acids is 2. The van der Waals surface area contributed by atoms with E-state index in [9.17, 15) is 23.5 Å². The van der Waals surface area contributed by atoms with Gasteiger partial charge in [0.05, 0.1) is 11.8 Å². The fourth-order valence-corrected chi connectivity index (χ4v) is 4.61. The molecule has 1 aliphatic rings. The van der Waals surface area contributed by atoms with E-state index in [1.54, 1.807) is 17.0 Å². The lowest BCUT2D eigenvalue weighted by Crippen LogP contribution is -2.57. The third-order valence-corrected chi connectivity index (χ3v) is 6.19. The Bertz CT molecular complexity index is 1070. The first kappa shape index (κ1) is 20.1. The van der Waals surface area contributed by atoms with Gasteiger partial charge in [0.25, 0.3) is 0 Å². The molecule has 1 aliphatic heterocycles. The zero-order chi connectivity index (χ0) is 21.3. The van der Waals surface area contributed by atoms with Crippen molar-refractivity contribution in [1.29, 1.82) is 0 Å². The molecule has 0 aliphatic carbocycles. The summed E-state index contributed by atoms with van der Waals surface area (Å²) in [7, 11) is 0. The average Bonchev–Trinajstić information content (AvgIpc) is 2.74. The van der Waals surface area contributed by atoms with Gasteiger partial charge in [0, 0.05) is 11.3 Å². The molecule has 1 saturated heterocycles. The molecule has 0 aromatic heterocycles. The Kier molecular flexibility index (Phi) is 5.55. The van der Waals surface area contributed by atoms with E-state index >= 15 is 0 Å². The lowest BCUT2D eigenvalue weighted by molar-refractivity contribution is -0.123. The van der Waals surface area contributed by atoms with Crippen molar-refractivity contribution in [2.75, 3.05) is 10.7 Å². The van der Waals surface area contributed by atoms with Crippen LogP contribution in [0.1, 0.15) is 22.0 Å². The molecule has 0 radical (unpaired) electrons. The highest BCUT2D eigenvalue weighted by molar-refractivity contribution is 8.01. The number of thioether (sulfide) groups is 1. The molecule has 30 heavy (non-hydrogen) atoms. The van der Waals surface area contributed by atoms with Crippen molar-refractivity contribution in [3.63, 3.8) is 0 Å². The van der Waals surface area contributed by atoms with E-state index < -0.39 is 16.9 Å². The van der Waals surface area contributed by atoms with E-state index in [1.807, 2.05) is 0 Å². The molecule has 152 valence electrons. The second-order valence-electron chi connectivity index (χ2n) is 6.88. The number of ketones is 1. The maximum absolute atomic E-state index is 13.3. The topological polar surface area (TPSA) is 57.6 Å². The maximum atomic E-state index is 13.3. The summed E-state index contributed by atoms with van der Waals surface area (Å²) < 4.78 is 26.4. The van der Waals surface area contributed by atoms with Crippen molar-refractivity contribution in [1.82, 2.24) is 0 Å². The van der Waals surface area contributed by atoms with Gasteiger partial charge in [0.2, 0.25) is 5.91 Å². The molecule has 1 amide bonds. The Balaban J connectivity index is 1.55. The monoisotopic (exact) mass is 425 g/mol. The number of anilines is 1. The van der Waals surface area contributed by atoms with Crippen molar-refractivity contribution in [3.8, 4) is 5.75 Å². The van der Waals surface area contributed by atoms with Crippen LogP contribution in [0.3, 0.4) is 0 Å². The zero-order valence-corrected chi connectivity index (χ0v) is 16.5. The molecule has 4 nitrogen and oxygen atoms in total. The summed E-state index contributed by atoms with van der Waals surface area (Å²) in [5.74, 6) is -1.03. The van der Waals surface area contributed by atoms with E-state index in [2.05, 4.69) is 0 Å². The molecule has 4 rings (SSSR count). The van der Waals surface area contributed by atoms with Gasteiger partial charge in [-0.2, -0.15) is 0 Å². The Morgan fingerprint density at radius 2 is 1.47 bits per heavy atom. The molecular formula is C23H17F2NO3S. The third kappa shape index (κ3) is 3.93. The van der Waals surface area contributed by atoms with Crippen LogP contribution in [0.4, 0.5) is 14.5 Å². The molecule has 3 aromatic rings. The van der Waals surface area contributed by atoms with Crippen molar-refractivity contribution < 1.29 is 23.5 Å². The van der Waals surface area contributed by atoms with Gasteiger partial charge in [-0.3, -0.25) is 9.59 Å². The van der Waals surface area contributed by atoms with E-state index in [4.69, 9.17) is 0 Å². The number of aromatic hydroxyl groups is 1. The molecule has 0 bridgehead atoms. The van der Waals surface area contributed by atoms with Gasteiger partial charge >= 0.3 is 0 Å². The van der Waals surface area contributed by atoms with Crippen molar-refractivity contribution in [2.45, 2.75) is 11.3 Å². The summed E-state index contributed by atoms with van der Waals surface area (Å²) in [5, 5.41) is 9.07. The smallest absolute Gasteiger partial charge is 0.243 e. The van der Waals surface area contributed by atoms with E-state index in [0.717, 1.165) is 5.56 Å². The fraction of sp³-hybridized carbons (Fsp3) is 0.130. The summed E-state index contributed by atoms with van der Waals surface area (Å²) in [4.78, 5) is 26.9. The zero-order valence-electron chi connectivity index (χ0n) is 15.7. The van der Waals surface area contributed by atoms with Crippen LogP contribution in [0.15, 0.2) is 72.8 Å². The number of phenolic OH excluding ortho intramolecular Hbond substituents is 1. The molecule has 3 aromatic carbocycles. The quantitative estimate of drug-likeness (QED) is 0.458. The largest absolute Gasteiger partial charge is 0.508 e. The van der Waals surface area contributed by atoms with Crippen molar-refractivity contribution in [2.24, 2.45) is 0 Å². The SMILES string of the molecule is O=C(CSC1C(=O)N(c2ccc(F)cc2)C1c1ccc(O)cc1)c1ccc(F)cc1. The van der Waals surface area contributed by atoms with Crippen LogP contribution in [-0.4, -0.2) is 27.8 Å². The minimum Gasteiger partial charge on any atom is -0.508 e. The van der Waals surface area contributed by atoms with Crippen LogP contribution < -0.4 is 4.90 Å². The molecule has 0 spiro atoms. The molecule has 0 saturated carbocycles.